The third-order valence-corrected chi connectivity index (χ3v) is 20.7. The van der Waals surface area contributed by atoms with Crippen LogP contribution in [0.15, 0.2) is 12.2 Å². The Balaban J connectivity index is 0.000000331. The van der Waals surface area contributed by atoms with Crippen LogP contribution >= 0.6 is 0 Å². The van der Waals surface area contributed by atoms with Gasteiger partial charge in [0.15, 0.2) is 0 Å². The molecule has 0 radical (unpaired) electrons. The summed E-state index contributed by atoms with van der Waals surface area (Å²) in [5.41, 5.74) is 0.952. The van der Waals surface area contributed by atoms with Gasteiger partial charge in [-0.3, -0.25) is 28.8 Å². The van der Waals surface area contributed by atoms with Gasteiger partial charge in [0.1, 0.15) is 36.6 Å². The number of nitrogens with one attached hydrogen (secondary N) is 6. The predicted molar refractivity (Wildman–Crippen MR) is 433 cm³/mol. The minimum atomic E-state index is -0.370. The van der Waals surface area contributed by atoms with E-state index >= 15 is 0 Å². The van der Waals surface area contributed by atoms with Gasteiger partial charge in [0.25, 0.3) is 0 Å². The first-order valence-corrected chi connectivity index (χ1v) is 43.0. The summed E-state index contributed by atoms with van der Waals surface area (Å²) in [5.74, 6) is 6.03. The van der Waals surface area contributed by atoms with Gasteiger partial charge in [-0.25, -0.2) is 0 Å². The van der Waals surface area contributed by atoms with Crippen molar-refractivity contribution >= 4 is 35.4 Å². The van der Waals surface area contributed by atoms with Crippen molar-refractivity contribution in [2.75, 3.05) is 39.6 Å². The first-order valence-electron chi connectivity index (χ1n) is 43.0. The van der Waals surface area contributed by atoms with Crippen LogP contribution < -0.4 is 31.9 Å². The molecule has 8 aliphatic rings. The molecule has 8 aliphatic carbocycles. The van der Waals surface area contributed by atoms with Crippen molar-refractivity contribution < 1.29 is 57.2 Å². The molecule has 618 valence electrons. The van der Waals surface area contributed by atoms with E-state index < -0.39 is 0 Å². The maximum atomic E-state index is 12.3. The number of amides is 6. The summed E-state index contributed by atoms with van der Waals surface area (Å²) in [6.45, 7) is 50.8. The molecule has 0 saturated heterocycles. The molecule has 0 aromatic rings. The van der Waals surface area contributed by atoms with E-state index in [9.17, 15) is 28.8 Å². The Hall–Kier alpha value is -3.68. The molecule has 6 atom stereocenters. The minimum Gasteiger partial charge on any atom is -0.368 e. The highest BCUT2D eigenvalue weighted by atomic mass is 16.5. The van der Waals surface area contributed by atoms with E-state index in [4.69, 9.17) is 28.4 Å². The second-order valence-corrected chi connectivity index (χ2v) is 37.8. The fourth-order valence-corrected chi connectivity index (χ4v) is 14.3. The summed E-state index contributed by atoms with van der Waals surface area (Å²) < 4.78 is 35.2. The molecule has 6 amide bonds. The maximum absolute atomic E-state index is 12.3. The highest BCUT2D eigenvalue weighted by Crippen LogP contribution is 2.37. The molecular weight excluding hydrogens is 1330 g/mol. The lowest BCUT2D eigenvalue weighted by Crippen LogP contribution is -2.46. The second-order valence-electron chi connectivity index (χ2n) is 37.8. The fraction of sp³-hybridized carbons (Fsp3) is 0.909. The van der Waals surface area contributed by atoms with E-state index in [2.05, 4.69) is 59.3 Å². The number of carbonyl (C=O) groups is 6. The van der Waals surface area contributed by atoms with Gasteiger partial charge in [0.05, 0.1) is 39.6 Å². The lowest BCUT2D eigenvalue weighted by atomic mass is 9.88. The summed E-state index contributed by atoms with van der Waals surface area (Å²) in [7, 11) is 0. The summed E-state index contributed by atoms with van der Waals surface area (Å²) in [6, 6.07) is 1.08. The molecule has 0 spiro atoms. The summed E-state index contributed by atoms with van der Waals surface area (Å²) >= 11 is 0. The monoisotopic (exact) mass is 1500 g/mol. The molecule has 0 heterocycles. The number of hydrogen-bond acceptors (Lipinski definition) is 12. The Kier molecular flexibility index (Phi) is 47.2. The molecule has 0 aromatic carbocycles. The molecule has 8 fully saturated rings. The molecule has 0 bridgehead atoms. The number of rotatable bonds is 38. The van der Waals surface area contributed by atoms with Crippen LogP contribution in [0.3, 0.4) is 0 Å². The van der Waals surface area contributed by atoms with Crippen molar-refractivity contribution in [1.82, 2.24) is 31.9 Å². The average molecular weight is 1500 g/mol. The number of ether oxygens (including phenoxy) is 6. The average Bonchev–Trinajstić information content (AvgIpc) is 1.53. The van der Waals surface area contributed by atoms with Gasteiger partial charge in [0, 0.05) is 42.7 Å². The smallest absolute Gasteiger partial charge is 0.249 e. The molecule has 6 N–H and O–H groups in total. The normalized spacial score (nSPS) is 19.9. The Labute approximate surface area is 648 Å². The van der Waals surface area contributed by atoms with E-state index in [1.165, 1.54) is 167 Å². The summed E-state index contributed by atoms with van der Waals surface area (Å²) in [4.78, 5) is 72.4. The largest absolute Gasteiger partial charge is 0.368 e. The third kappa shape index (κ3) is 46.9. The van der Waals surface area contributed by atoms with Crippen LogP contribution in [0.25, 0.3) is 0 Å². The standard InChI is InChI=1S/C17H31NO2.C16H31NO2.2C15H27NO2.C13H25NO2.C12H23NO2/c1-13(2)18-17(19)16(11-14-7-3-4-8-14)20-12-15-9-5-6-10-15;1-12(2)17-15(18)14(10-16(3,4)5)19-11-13-8-6-7-9-13;1-11(2)16-15(17)14(9-12-7-8-12)18-10-13-5-3-4-6-13;1-11(2)9-14(15(17)16-12(3)4)18-10-13-7-5-6-8-13;1-9(2)14-12(15)11(13(3,4)5)16-8-10-6-7-10;1-8(2)11(12(14)13-9(3)4)15-7-10-5-6-10/h13-16H,3-12H2,1-2H3,(H,18,19);12-14H,6-11H2,1-5H3,(H,17,18);11-14H,3-10H2,1-2H3,(H,16,17);12-14H,1,5-10H2,2-4H3,(H,16,17);9-11H,6-8H2,1-5H3,(H,14,15);8-11H,5-7H2,1-4H3,(H,13,14). The zero-order valence-electron chi connectivity index (χ0n) is 71.7. The van der Waals surface area contributed by atoms with E-state index in [0.29, 0.717) is 54.5 Å². The number of hydrogen-bond donors (Lipinski definition) is 6. The zero-order valence-corrected chi connectivity index (χ0v) is 71.7. The van der Waals surface area contributed by atoms with E-state index in [-0.39, 0.29) is 125 Å². The van der Waals surface area contributed by atoms with Gasteiger partial charge in [-0.2, -0.15) is 0 Å². The predicted octanol–water partition coefficient (Wildman–Crippen LogP) is 17.4. The van der Waals surface area contributed by atoms with E-state index in [1.807, 2.05) is 125 Å². The third-order valence-electron chi connectivity index (χ3n) is 20.7. The van der Waals surface area contributed by atoms with Crippen LogP contribution in [0.2, 0.25) is 0 Å². The minimum absolute atomic E-state index is 0.00834. The molecule has 18 nitrogen and oxygen atoms in total. The Morgan fingerprint density at radius 2 is 0.566 bits per heavy atom. The first kappa shape index (κ1) is 96.5. The van der Waals surface area contributed by atoms with Crippen molar-refractivity contribution in [2.45, 2.75) is 411 Å². The SMILES string of the molecule is C=C(C)CC(OCC1CCCC1)C(=O)NC(C)C.CC(C)NC(=O)C(CC(C)(C)C)OCC1CCCC1.CC(C)NC(=O)C(CC1CC1)OCC1CCCC1.CC(C)NC(=O)C(CC1CCCC1)OCC1CCCC1.CC(C)NC(=O)C(OCC1CC1)C(C)(C)C.CC(C)NC(=O)C(OCC1CC1)C(C)C. The van der Waals surface area contributed by atoms with Crippen molar-refractivity contribution in [3.63, 3.8) is 0 Å². The van der Waals surface area contributed by atoms with Crippen LogP contribution in [-0.4, -0.2) is 148 Å². The highest BCUT2D eigenvalue weighted by Gasteiger charge is 2.37. The molecule has 8 rings (SSSR count). The topological polar surface area (TPSA) is 230 Å². The van der Waals surface area contributed by atoms with Gasteiger partial charge >= 0.3 is 0 Å². The van der Waals surface area contributed by atoms with Crippen LogP contribution in [0.5, 0.6) is 0 Å². The van der Waals surface area contributed by atoms with E-state index in [0.717, 1.165) is 63.8 Å². The zero-order chi connectivity index (χ0) is 79.1. The van der Waals surface area contributed by atoms with Crippen molar-refractivity contribution in [3.8, 4) is 0 Å². The first-order chi connectivity index (χ1) is 49.9. The van der Waals surface area contributed by atoms with Gasteiger partial charge in [-0.15, -0.1) is 6.58 Å². The lowest BCUT2D eigenvalue weighted by Gasteiger charge is -2.30. The molecular formula is C88H164N6O12. The van der Waals surface area contributed by atoms with E-state index in [1.54, 1.807) is 0 Å². The van der Waals surface area contributed by atoms with Crippen molar-refractivity contribution in [2.24, 2.45) is 64.1 Å². The van der Waals surface area contributed by atoms with Gasteiger partial charge in [0.2, 0.25) is 35.4 Å². The molecule has 8 saturated carbocycles. The van der Waals surface area contributed by atoms with Crippen molar-refractivity contribution in [1.29, 1.82) is 0 Å². The summed E-state index contributed by atoms with van der Waals surface area (Å²) in [6.07, 6.45) is 35.0. The molecule has 0 aromatic heterocycles. The van der Waals surface area contributed by atoms with Crippen molar-refractivity contribution in [3.05, 3.63) is 12.2 Å². The van der Waals surface area contributed by atoms with Gasteiger partial charge in [-0.05, 0) is 250 Å². The van der Waals surface area contributed by atoms with Crippen LogP contribution in [0.1, 0.15) is 338 Å². The summed E-state index contributed by atoms with van der Waals surface area (Å²) in [5, 5.41) is 17.7. The quantitative estimate of drug-likeness (QED) is 0.0317. The maximum Gasteiger partial charge on any atom is 0.249 e. The molecule has 0 aliphatic heterocycles. The molecule has 18 heteroatoms. The van der Waals surface area contributed by atoms with Crippen LogP contribution in [0, 0.1) is 64.1 Å². The van der Waals surface area contributed by atoms with Crippen LogP contribution in [0.4, 0.5) is 0 Å². The second kappa shape index (κ2) is 51.8. The molecule has 6 unspecified atom stereocenters. The molecule has 106 heavy (non-hydrogen) atoms. The number of carbonyl (C=O) groups excluding carboxylic acids is 6. The Bertz CT molecular complexity index is 2410. The lowest BCUT2D eigenvalue weighted by molar-refractivity contribution is -0.141. The van der Waals surface area contributed by atoms with Crippen LogP contribution in [-0.2, 0) is 57.2 Å². The fourth-order valence-electron chi connectivity index (χ4n) is 14.3. The highest BCUT2D eigenvalue weighted by molar-refractivity contribution is 5.83. The Morgan fingerprint density at radius 3 is 0.858 bits per heavy atom. The Morgan fingerprint density at radius 1 is 0.321 bits per heavy atom. The van der Waals surface area contributed by atoms with Gasteiger partial charge < -0.3 is 60.3 Å². The van der Waals surface area contributed by atoms with Gasteiger partial charge in [-0.1, -0.05) is 151 Å².